The van der Waals surface area contributed by atoms with Crippen LogP contribution in [0.3, 0.4) is 0 Å². The Bertz CT molecular complexity index is 437. The number of aromatic nitrogens is 3. The molecule has 0 saturated heterocycles. The minimum atomic E-state index is 0.653. The Morgan fingerprint density at radius 3 is 3.08 bits per heavy atom. The molecule has 2 rings (SSSR count). The number of hydrogen-bond acceptors (Lipinski definition) is 2. The molecule has 0 spiro atoms. The van der Waals surface area contributed by atoms with Crippen LogP contribution >= 0.6 is 27.5 Å². The zero-order valence-corrected chi connectivity index (χ0v) is 8.57. The molecule has 3 nitrogen and oxygen atoms in total. The lowest BCUT2D eigenvalue weighted by atomic mass is 10.3. The van der Waals surface area contributed by atoms with Crippen molar-refractivity contribution in [1.29, 1.82) is 0 Å². The molecule has 2 heterocycles. The van der Waals surface area contributed by atoms with E-state index < -0.39 is 0 Å². The third kappa shape index (κ3) is 1.03. The Kier molecular flexibility index (Phi) is 1.81. The van der Waals surface area contributed by atoms with Crippen LogP contribution in [-0.2, 0) is 0 Å². The number of hydrogen-bond donors (Lipinski definition) is 1. The fraction of sp³-hybridized carbons (Fsp3) is 0.143. The Labute approximate surface area is 82.3 Å². The lowest BCUT2D eigenvalue weighted by Gasteiger charge is -1.95. The molecule has 0 atom stereocenters. The molecular formula is C7H5BrClN3. The van der Waals surface area contributed by atoms with Gasteiger partial charge in [-0.05, 0) is 22.9 Å². The summed E-state index contributed by atoms with van der Waals surface area (Å²) in [6.45, 7) is 1.91. The van der Waals surface area contributed by atoms with Crippen molar-refractivity contribution in [2.24, 2.45) is 0 Å². The van der Waals surface area contributed by atoms with Crippen molar-refractivity contribution >= 4 is 38.6 Å². The highest BCUT2D eigenvalue weighted by atomic mass is 79.9. The SMILES string of the molecule is Cc1[nH]nc2ncc(Br)c(Cl)c12. The molecule has 0 radical (unpaired) electrons. The molecule has 2 aromatic rings. The molecule has 0 aliphatic heterocycles. The molecule has 0 bridgehead atoms. The number of pyridine rings is 1. The molecule has 5 heteroatoms. The van der Waals surface area contributed by atoms with Gasteiger partial charge < -0.3 is 0 Å². The van der Waals surface area contributed by atoms with E-state index in [0.717, 1.165) is 15.6 Å². The van der Waals surface area contributed by atoms with Crippen LogP contribution < -0.4 is 0 Å². The Morgan fingerprint density at radius 2 is 2.33 bits per heavy atom. The second-order valence-corrected chi connectivity index (χ2v) is 3.70. The Morgan fingerprint density at radius 1 is 1.58 bits per heavy atom. The molecular weight excluding hydrogens is 241 g/mol. The maximum atomic E-state index is 6.03. The second kappa shape index (κ2) is 2.71. The highest BCUT2D eigenvalue weighted by Crippen LogP contribution is 2.29. The van der Waals surface area contributed by atoms with Crippen molar-refractivity contribution in [3.8, 4) is 0 Å². The van der Waals surface area contributed by atoms with Gasteiger partial charge >= 0.3 is 0 Å². The normalized spacial score (nSPS) is 10.9. The smallest absolute Gasteiger partial charge is 0.182 e. The van der Waals surface area contributed by atoms with Crippen LogP contribution in [0, 0.1) is 6.92 Å². The highest BCUT2D eigenvalue weighted by Gasteiger charge is 2.09. The molecule has 12 heavy (non-hydrogen) atoms. The van der Waals surface area contributed by atoms with Gasteiger partial charge in [0.25, 0.3) is 0 Å². The van der Waals surface area contributed by atoms with E-state index in [-0.39, 0.29) is 0 Å². The molecule has 0 aliphatic carbocycles. The summed E-state index contributed by atoms with van der Waals surface area (Å²) in [6.07, 6.45) is 1.64. The van der Waals surface area contributed by atoms with E-state index in [2.05, 4.69) is 31.1 Å². The standard InChI is InChI=1S/C7H5BrClN3/c1-3-5-6(9)4(8)2-10-7(5)12-11-3/h2H,1H3,(H,10,11,12). The Balaban J connectivity index is 2.96. The van der Waals surface area contributed by atoms with Crippen LogP contribution in [0.1, 0.15) is 5.69 Å². The number of nitrogens with zero attached hydrogens (tertiary/aromatic N) is 2. The third-order valence-electron chi connectivity index (χ3n) is 1.66. The lowest BCUT2D eigenvalue weighted by molar-refractivity contribution is 1.05. The quantitative estimate of drug-likeness (QED) is 0.776. The first-order valence-corrected chi connectivity index (χ1v) is 4.52. The first kappa shape index (κ1) is 8.01. The number of rotatable bonds is 0. The van der Waals surface area contributed by atoms with Gasteiger partial charge in [0.2, 0.25) is 0 Å². The van der Waals surface area contributed by atoms with Gasteiger partial charge in [0.15, 0.2) is 5.65 Å². The van der Waals surface area contributed by atoms with E-state index in [1.165, 1.54) is 0 Å². The lowest BCUT2D eigenvalue weighted by Crippen LogP contribution is -1.78. The van der Waals surface area contributed by atoms with E-state index in [1.54, 1.807) is 6.20 Å². The molecule has 0 fully saturated rings. The highest BCUT2D eigenvalue weighted by molar-refractivity contribution is 9.10. The van der Waals surface area contributed by atoms with Crippen LogP contribution in [-0.4, -0.2) is 15.2 Å². The average Bonchev–Trinajstić information content (AvgIpc) is 2.41. The molecule has 0 unspecified atom stereocenters. The third-order valence-corrected chi connectivity index (χ3v) is 2.88. The molecule has 0 aromatic carbocycles. The maximum Gasteiger partial charge on any atom is 0.182 e. The van der Waals surface area contributed by atoms with E-state index >= 15 is 0 Å². The minimum Gasteiger partial charge on any atom is -0.280 e. The van der Waals surface area contributed by atoms with E-state index in [1.807, 2.05) is 6.92 Å². The molecule has 2 aromatic heterocycles. The van der Waals surface area contributed by atoms with E-state index in [9.17, 15) is 0 Å². The summed E-state index contributed by atoms with van der Waals surface area (Å²) in [5.74, 6) is 0. The molecule has 0 aliphatic rings. The monoisotopic (exact) mass is 245 g/mol. The van der Waals surface area contributed by atoms with Crippen LogP contribution in [0.4, 0.5) is 0 Å². The zero-order chi connectivity index (χ0) is 8.72. The van der Waals surface area contributed by atoms with Crippen LogP contribution in [0.25, 0.3) is 11.0 Å². The second-order valence-electron chi connectivity index (χ2n) is 2.47. The molecule has 0 saturated carbocycles. The largest absolute Gasteiger partial charge is 0.280 e. The van der Waals surface area contributed by atoms with Gasteiger partial charge in [-0.3, -0.25) is 5.10 Å². The summed E-state index contributed by atoms with van der Waals surface area (Å²) in [7, 11) is 0. The number of fused-ring (bicyclic) bond motifs is 1. The van der Waals surface area contributed by atoms with Gasteiger partial charge in [0, 0.05) is 11.9 Å². The van der Waals surface area contributed by atoms with Crippen molar-refractivity contribution in [3.63, 3.8) is 0 Å². The number of H-pyrrole nitrogens is 1. The topological polar surface area (TPSA) is 41.6 Å². The predicted octanol–water partition coefficient (Wildman–Crippen LogP) is 2.68. The van der Waals surface area contributed by atoms with Crippen LogP contribution in [0.5, 0.6) is 0 Å². The van der Waals surface area contributed by atoms with Crippen LogP contribution in [0.15, 0.2) is 10.7 Å². The first-order valence-electron chi connectivity index (χ1n) is 3.35. The fourth-order valence-electron chi connectivity index (χ4n) is 1.07. The van der Waals surface area contributed by atoms with Gasteiger partial charge in [-0.2, -0.15) is 5.10 Å². The summed E-state index contributed by atoms with van der Waals surface area (Å²) in [5.41, 5.74) is 1.59. The number of halogens is 2. The van der Waals surface area contributed by atoms with E-state index in [4.69, 9.17) is 11.6 Å². The molecule has 0 amide bonds. The van der Waals surface area contributed by atoms with Crippen molar-refractivity contribution in [2.75, 3.05) is 0 Å². The van der Waals surface area contributed by atoms with Crippen molar-refractivity contribution in [1.82, 2.24) is 15.2 Å². The summed E-state index contributed by atoms with van der Waals surface area (Å²) < 4.78 is 0.793. The van der Waals surface area contributed by atoms with Gasteiger partial charge in [-0.25, -0.2) is 4.98 Å². The number of aryl methyl sites for hydroxylation is 1. The van der Waals surface area contributed by atoms with Gasteiger partial charge in [-0.15, -0.1) is 0 Å². The van der Waals surface area contributed by atoms with Gasteiger partial charge in [0.05, 0.1) is 14.9 Å². The predicted molar refractivity (Wildman–Crippen MR) is 51.3 cm³/mol. The maximum absolute atomic E-state index is 6.03. The summed E-state index contributed by atoms with van der Waals surface area (Å²) >= 11 is 9.32. The number of nitrogens with one attached hydrogen (secondary N) is 1. The van der Waals surface area contributed by atoms with Gasteiger partial charge in [-0.1, -0.05) is 11.6 Å². The average molecular weight is 246 g/mol. The van der Waals surface area contributed by atoms with Crippen molar-refractivity contribution in [2.45, 2.75) is 6.92 Å². The summed E-state index contributed by atoms with van der Waals surface area (Å²) in [5, 5.41) is 8.34. The first-order chi connectivity index (χ1) is 5.70. The molecule has 62 valence electrons. The summed E-state index contributed by atoms with van der Waals surface area (Å²) in [4.78, 5) is 4.09. The van der Waals surface area contributed by atoms with Crippen LogP contribution in [0.2, 0.25) is 5.02 Å². The van der Waals surface area contributed by atoms with Crippen molar-refractivity contribution in [3.05, 3.63) is 21.4 Å². The zero-order valence-electron chi connectivity index (χ0n) is 6.23. The summed E-state index contributed by atoms with van der Waals surface area (Å²) in [6, 6.07) is 0. The Hall–Kier alpha value is -0.610. The number of aromatic amines is 1. The van der Waals surface area contributed by atoms with Gasteiger partial charge in [0.1, 0.15) is 0 Å². The molecule has 1 N–H and O–H groups in total. The minimum absolute atomic E-state index is 0.653. The van der Waals surface area contributed by atoms with Crippen molar-refractivity contribution < 1.29 is 0 Å². The van der Waals surface area contributed by atoms with E-state index in [0.29, 0.717) is 10.7 Å². The fourth-order valence-corrected chi connectivity index (χ4v) is 1.64.